The summed E-state index contributed by atoms with van der Waals surface area (Å²) >= 11 is 0. The van der Waals surface area contributed by atoms with Crippen molar-refractivity contribution in [3.05, 3.63) is 0 Å². The van der Waals surface area contributed by atoms with Crippen LogP contribution in [0.25, 0.3) is 0 Å². The Morgan fingerprint density at radius 2 is 2.08 bits per heavy atom. The summed E-state index contributed by atoms with van der Waals surface area (Å²) in [6.45, 7) is 3.91. The summed E-state index contributed by atoms with van der Waals surface area (Å²) in [6.07, 6.45) is 3.46. The molecule has 1 N–H and O–H groups in total. The molecule has 0 unspecified atom stereocenters. The fraction of sp³-hybridized carbons (Fsp3) is 0.889. The molecule has 0 saturated carbocycles. The van der Waals surface area contributed by atoms with Crippen molar-refractivity contribution in [2.45, 2.75) is 12.8 Å². The Labute approximate surface area is 86.3 Å². The van der Waals surface area contributed by atoms with E-state index in [-0.39, 0.29) is 12.4 Å². The zero-order chi connectivity index (χ0) is 8.81. The van der Waals surface area contributed by atoms with E-state index in [0.717, 1.165) is 31.8 Å². The molecule has 0 aliphatic carbocycles. The van der Waals surface area contributed by atoms with Gasteiger partial charge in [-0.15, -0.1) is 12.4 Å². The molecule has 3 nitrogen and oxygen atoms in total. The number of carbonyl (C=O) groups excluding carboxylic acids is 1. The molecular formula is C9H19ClN2O. The summed E-state index contributed by atoms with van der Waals surface area (Å²) in [7, 11) is 2.00. The van der Waals surface area contributed by atoms with Crippen LogP contribution in [-0.4, -0.2) is 44.4 Å². The lowest BCUT2D eigenvalue weighted by Crippen LogP contribution is -2.37. The second kappa shape index (κ2) is 7.30. The average Bonchev–Trinajstić information content (AvgIpc) is 2.09. The van der Waals surface area contributed by atoms with Gasteiger partial charge in [-0.1, -0.05) is 0 Å². The Morgan fingerprint density at radius 3 is 2.54 bits per heavy atom. The lowest BCUT2D eigenvalue weighted by atomic mass is 9.97. The number of piperidine rings is 1. The highest BCUT2D eigenvalue weighted by molar-refractivity contribution is 5.85. The molecule has 0 atom stereocenters. The van der Waals surface area contributed by atoms with Crippen LogP contribution in [0.4, 0.5) is 0 Å². The zero-order valence-electron chi connectivity index (χ0n) is 8.16. The zero-order valence-corrected chi connectivity index (χ0v) is 8.98. The van der Waals surface area contributed by atoms with Crippen molar-refractivity contribution in [1.29, 1.82) is 0 Å². The Kier molecular flexibility index (Phi) is 7.23. The predicted molar refractivity (Wildman–Crippen MR) is 56.4 cm³/mol. The number of nitrogens with one attached hydrogen (secondary N) is 1. The Bertz CT molecular complexity index is 136. The fourth-order valence-electron chi connectivity index (χ4n) is 1.77. The standard InChI is InChI=1S/C9H18N2O.ClH/c1-10-8-9-2-4-11(5-3-9)6-7-12;/h7,9-10H,2-6,8H2,1H3;1H. The second-order valence-corrected chi connectivity index (χ2v) is 3.47. The third-order valence-electron chi connectivity index (χ3n) is 2.53. The Balaban J connectivity index is 0.00000144. The first-order valence-corrected chi connectivity index (χ1v) is 4.67. The van der Waals surface area contributed by atoms with Gasteiger partial charge in [0.25, 0.3) is 0 Å². The van der Waals surface area contributed by atoms with Crippen molar-refractivity contribution < 1.29 is 4.79 Å². The lowest BCUT2D eigenvalue weighted by Gasteiger charge is -2.30. The molecule has 1 rings (SSSR count). The van der Waals surface area contributed by atoms with Crippen molar-refractivity contribution in [2.24, 2.45) is 5.92 Å². The number of carbonyl (C=O) groups is 1. The summed E-state index contributed by atoms with van der Waals surface area (Å²) in [5, 5.41) is 3.20. The van der Waals surface area contributed by atoms with Gasteiger partial charge in [0, 0.05) is 0 Å². The molecule has 0 spiro atoms. The number of hydrogen-bond acceptors (Lipinski definition) is 3. The van der Waals surface area contributed by atoms with Gasteiger partial charge in [-0.25, -0.2) is 0 Å². The minimum Gasteiger partial charge on any atom is -0.319 e. The maximum atomic E-state index is 10.2. The van der Waals surface area contributed by atoms with Gasteiger partial charge in [0.1, 0.15) is 6.29 Å². The monoisotopic (exact) mass is 206 g/mol. The van der Waals surface area contributed by atoms with Crippen LogP contribution in [0.15, 0.2) is 0 Å². The summed E-state index contributed by atoms with van der Waals surface area (Å²) in [5.74, 6) is 0.818. The molecule has 0 radical (unpaired) electrons. The minimum atomic E-state index is 0. The molecule has 0 aromatic rings. The molecule has 0 amide bonds. The molecule has 1 saturated heterocycles. The molecule has 1 heterocycles. The van der Waals surface area contributed by atoms with Gasteiger partial charge < -0.3 is 10.1 Å². The van der Waals surface area contributed by atoms with E-state index in [1.54, 1.807) is 0 Å². The summed E-state index contributed by atoms with van der Waals surface area (Å²) in [4.78, 5) is 12.4. The van der Waals surface area contributed by atoms with Gasteiger partial charge in [-0.3, -0.25) is 4.90 Å². The molecule has 13 heavy (non-hydrogen) atoms. The van der Waals surface area contributed by atoms with Crippen molar-refractivity contribution in [2.75, 3.05) is 33.2 Å². The van der Waals surface area contributed by atoms with Gasteiger partial charge in [0.15, 0.2) is 0 Å². The van der Waals surface area contributed by atoms with Crippen LogP contribution in [-0.2, 0) is 4.79 Å². The van der Waals surface area contributed by atoms with E-state index >= 15 is 0 Å². The molecule has 4 heteroatoms. The molecule has 0 aromatic carbocycles. The van der Waals surface area contributed by atoms with Crippen LogP contribution in [0.2, 0.25) is 0 Å². The van der Waals surface area contributed by atoms with Gasteiger partial charge in [-0.05, 0) is 45.4 Å². The van der Waals surface area contributed by atoms with Crippen LogP contribution in [0.3, 0.4) is 0 Å². The van der Waals surface area contributed by atoms with Crippen molar-refractivity contribution in [3.8, 4) is 0 Å². The van der Waals surface area contributed by atoms with E-state index in [2.05, 4.69) is 10.2 Å². The first kappa shape index (κ1) is 12.9. The largest absolute Gasteiger partial charge is 0.319 e. The van der Waals surface area contributed by atoms with E-state index < -0.39 is 0 Å². The first-order chi connectivity index (χ1) is 5.86. The molecule has 1 aliphatic rings. The van der Waals surface area contributed by atoms with Crippen molar-refractivity contribution in [3.63, 3.8) is 0 Å². The van der Waals surface area contributed by atoms with Gasteiger partial charge in [0.05, 0.1) is 6.54 Å². The molecule has 0 aromatic heterocycles. The van der Waals surface area contributed by atoms with Gasteiger partial charge in [-0.2, -0.15) is 0 Å². The van der Waals surface area contributed by atoms with E-state index in [0.29, 0.717) is 6.54 Å². The fourth-order valence-corrected chi connectivity index (χ4v) is 1.77. The van der Waals surface area contributed by atoms with E-state index in [1.165, 1.54) is 12.8 Å². The molecular weight excluding hydrogens is 188 g/mol. The first-order valence-electron chi connectivity index (χ1n) is 4.67. The number of likely N-dealkylation sites (tertiary alicyclic amines) is 1. The van der Waals surface area contributed by atoms with Crippen LogP contribution < -0.4 is 5.32 Å². The number of rotatable bonds is 4. The highest BCUT2D eigenvalue weighted by Gasteiger charge is 2.17. The van der Waals surface area contributed by atoms with Crippen LogP contribution in [0.1, 0.15) is 12.8 Å². The molecule has 1 aliphatic heterocycles. The SMILES string of the molecule is CNCC1CCN(CC=O)CC1.Cl. The lowest BCUT2D eigenvalue weighted by molar-refractivity contribution is -0.109. The van der Waals surface area contributed by atoms with E-state index in [9.17, 15) is 4.79 Å². The minimum absolute atomic E-state index is 0. The maximum absolute atomic E-state index is 10.2. The summed E-state index contributed by atoms with van der Waals surface area (Å²) in [6, 6.07) is 0. The number of hydrogen-bond donors (Lipinski definition) is 1. The third-order valence-corrected chi connectivity index (χ3v) is 2.53. The van der Waals surface area contributed by atoms with Gasteiger partial charge in [0.2, 0.25) is 0 Å². The summed E-state index contributed by atoms with van der Waals surface area (Å²) in [5.41, 5.74) is 0. The van der Waals surface area contributed by atoms with E-state index in [4.69, 9.17) is 0 Å². The van der Waals surface area contributed by atoms with Crippen LogP contribution >= 0.6 is 12.4 Å². The molecule has 78 valence electrons. The highest BCUT2D eigenvalue weighted by Crippen LogP contribution is 2.15. The second-order valence-electron chi connectivity index (χ2n) is 3.47. The van der Waals surface area contributed by atoms with Crippen molar-refractivity contribution >= 4 is 18.7 Å². The molecule has 0 bridgehead atoms. The maximum Gasteiger partial charge on any atom is 0.133 e. The number of halogens is 1. The normalized spacial score (nSPS) is 19.5. The van der Waals surface area contributed by atoms with Crippen molar-refractivity contribution in [1.82, 2.24) is 10.2 Å². The highest BCUT2D eigenvalue weighted by atomic mass is 35.5. The third kappa shape index (κ3) is 4.60. The van der Waals surface area contributed by atoms with Crippen LogP contribution in [0, 0.1) is 5.92 Å². The smallest absolute Gasteiger partial charge is 0.133 e. The molecule has 1 fully saturated rings. The number of nitrogens with zero attached hydrogens (tertiary/aromatic N) is 1. The Hall–Kier alpha value is -0.120. The van der Waals surface area contributed by atoms with Crippen LogP contribution in [0.5, 0.6) is 0 Å². The van der Waals surface area contributed by atoms with E-state index in [1.807, 2.05) is 7.05 Å². The Morgan fingerprint density at radius 1 is 1.46 bits per heavy atom. The predicted octanol–water partition coefficient (Wildman–Crippen LogP) is 0.538. The number of aldehydes is 1. The van der Waals surface area contributed by atoms with Gasteiger partial charge >= 0.3 is 0 Å². The quantitative estimate of drug-likeness (QED) is 0.682. The average molecular weight is 207 g/mol. The topological polar surface area (TPSA) is 32.3 Å². The summed E-state index contributed by atoms with van der Waals surface area (Å²) < 4.78 is 0.